The Balaban J connectivity index is 5.24. The van der Waals surface area contributed by atoms with Crippen LogP contribution in [0.15, 0.2) is 0 Å². The molecule has 17 nitrogen and oxygen atoms in total. The molecule has 19 heteroatoms. The molecule has 0 bridgehead atoms. The van der Waals surface area contributed by atoms with Crippen molar-refractivity contribution in [2.75, 3.05) is 39.6 Å². The maximum absolute atomic E-state index is 13.1. The number of unbranched alkanes of at least 4 members (excludes halogenated alkanes) is 38. The van der Waals surface area contributed by atoms with Crippen LogP contribution in [0.25, 0.3) is 0 Å². The Morgan fingerprint density at radius 3 is 0.740 bits per heavy atom. The van der Waals surface area contributed by atoms with Gasteiger partial charge in [0.15, 0.2) is 12.2 Å². The SMILES string of the molecule is CCC(C)CCCCCCCCCCCCCCCCC(=O)OC[C@H](COP(=O)(O)OC[C@@H](O)COP(=O)(O)OC[C@@H](COC(=O)CCCCCCCCC(C)CC)OC(=O)CCCCCCCCCCC(C)C)OC(=O)CCCCCCCCCCCCCCCCC(C)C. The molecule has 3 N–H and O–H groups in total. The molecule has 0 aromatic rings. The van der Waals surface area contributed by atoms with Crippen molar-refractivity contribution in [1.82, 2.24) is 0 Å². The molecule has 7 atom stereocenters. The van der Waals surface area contributed by atoms with Crippen molar-refractivity contribution < 1.29 is 80.2 Å². The second-order valence-corrected chi connectivity index (χ2v) is 32.1. The number of aliphatic hydroxyl groups excluding tert-OH is 1. The maximum Gasteiger partial charge on any atom is 0.472 e. The van der Waals surface area contributed by atoms with E-state index < -0.39 is 97.5 Å². The van der Waals surface area contributed by atoms with E-state index in [0.29, 0.717) is 25.7 Å². The Bertz CT molecular complexity index is 1890. The Hall–Kier alpha value is -1.94. The molecule has 0 saturated carbocycles. The van der Waals surface area contributed by atoms with Gasteiger partial charge in [0.25, 0.3) is 0 Å². The molecule has 0 spiro atoms. The second-order valence-electron chi connectivity index (χ2n) is 29.2. The van der Waals surface area contributed by atoms with Gasteiger partial charge in [-0.2, -0.15) is 0 Å². The molecular weight excluding hydrogens is 1260 g/mol. The highest BCUT2D eigenvalue weighted by Gasteiger charge is 2.30. The molecule has 0 amide bonds. The fraction of sp³-hybridized carbons (Fsp3) is 0.948. The van der Waals surface area contributed by atoms with Gasteiger partial charge in [-0.3, -0.25) is 37.3 Å². The van der Waals surface area contributed by atoms with Crippen LogP contribution in [0.3, 0.4) is 0 Å². The number of ether oxygens (including phenoxy) is 4. The van der Waals surface area contributed by atoms with E-state index in [1.54, 1.807) is 0 Å². The summed E-state index contributed by atoms with van der Waals surface area (Å²) in [7, 11) is -9.91. The number of phosphoric acid groups is 2. The molecule has 0 heterocycles. The number of hydrogen-bond donors (Lipinski definition) is 3. The molecule has 4 unspecified atom stereocenters. The van der Waals surface area contributed by atoms with E-state index in [1.165, 1.54) is 186 Å². The van der Waals surface area contributed by atoms with Crippen molar-refractivity contribution in [3.05, 3.63) is 0 Å². The quantitative estimate of drug-likeness (QED) is 0.0222. The highest BCUT2D eigenvalue weighted by Crippen LogP contribution is 2.45. The zero-order valence-corrected chi connectivity index (χ0v) is 64.8. The van der Waals surface area contributed by atoms with E-state index in [4.69, 9.17) is 37.0 Å². The third-order valence-electron chi connectivity index (χ3n) is 18.5. The fourth-order valence-corrected chi connectivity index (χ4v) is 13.2. The van der Waals surface area contributed by atoms with Crippen LogP contribution < -0.4 is 0 Å². The molecule has 0 aliphatic carbocycles. The van der Waals surface area contributed by atoms with Gasteiger partial charge in [-0.15, -0.1) is 0 Å². The molecule has 0 saturated heterocycles. The number of carbonyl (C=O) groups excluding carboxylic acids is 4. The zero-order chi connectivity index (χ0) is 71.0. The molecule has 96 heavy (non-hydrogen) atoms. The summed E-state index contributed by atoms with van der Waals surface area (Å²) >= 11 is 0. The molecule has 0 fully saturated rings. The summed E-state index contributed by atoms with van der Waals surface area (Å²) in [5.41, 5.74) is 0. The molecular formula is C77H150O17P2. The van der Waals surface area contributed by atoms with Crippen molar-refractivity contribution in [3.63, 3.8) is 0 Å². The van der Waals surface area contributed by atoms with E-state index >= 15 is 0 Å². The lowest BCUT2D eigenvalue weighted by molar-refractivity contribution is -0.161. The first-order valence-corrected chi connectivity index (χ1v) is 42.8. The van der Waals surface area contributed by atoms with Gasteiger partial charge in [-0.1, -0.05) is 338 Å². The maximum atomic E-state index is 13.1. The second kappa shape index (κ2) is 66.3. The Morgan fingerprint density at radius 1 is 0.292 bits per heavy atom. The number of esters is 4. The average molecular weight is 1410 g/mol. The Morgan fingerprint density at radius 2 is 0.500 bits per heavy atom. The summed E-state index contributed by atoms with van der Waals surface area (Å²) in [5, 5.41) is 10.6. The minimum atomic E-state index is -4.96. The number of carbonyl (C=O) groups is 4. The monoisotopic (exact) mass is 1410 g/mol. The van der Waals surface area contributed by atoms with E-state index in [9.17, 15) is 43.2 Å². The number of rotatable bonds is 74. The van der Waals surface area contributed by atoms with Crippen LogP contribution in [0.4, 0.5) is 0 Å². The smallest absolute Gasteiger partial charge is 0.462 e. The van der Waals surface area contributed by atoms with Gasteiger partial charge in [0.05, 0.1) is 26.4 Å². The van der Waals surface area contributed by atoms with Crippen molar-refractivity contribution in [3.8, 4) is 0 Å². The van der Waals surface area contributed by atoms with E-state index in [0.717, 1.165) is 120 Å². The fourth-order valence-electron chi connectivity index (χ4n) is 11.7. The molecule has 0 aromatic heterocycles. The van der Waals surface area contributed by atoms with Crippen LogP contribution in [0.1, 0.15) is 389 Å². The summed E-state index contributed by atoms with van der Waals surface area (Å²) < 4.78 is 68.5. The van der Waals surface area contributed by atoms with Crippen LogP contribution in [0.5, 0.6) is 0 Å². The third-order valence-corrected chi connectivity index (χ3v) is 20.4. The molecule has 0 radical (unpaired) electrons. The van der Waals surface area contributed by atoms with E-state index in [-0.39, 0.29) is 25.7 Å². The van der Waals surface area contributed by atoms with Crippen LogP contribution in [-0.2, 0) is 65.4 Å². The largest absolute Gasteiger partial charge is 0.472 e. The number of phosphoric ester groups is 2. The van der Waals surface area contributed by atoms with Crippen molar-refractivity contribution in [2.45, 2.75) is 408 Å². The number of hydrogen-bond acceptors (Lipinski definition) is 15. The van der Waals surface area contributed by atoms with Gasteiger partial charge in [0.1, 0.15) is 19.3 Å². The highest BCUT2D eigenvalue weighted by atomic mass is 31.2. The first-order chi connectivity index (χ1) is 46.2. The third kappa shape index (κ3) is 67.9. The van der Waals surface area contributed by atoms with Crippen molar-refractivity contribution in [1.29, 1.82) is 0 Å². The minimum absolute atomic E-state index is 0.103. The topological polar surface area (TPSA) is 237 Å². The summed E-state index contributed by atoms with van der Waals surface area (Å²) in [5.74, 6) is 0.972. The van der Waals surface area contributed by atoms with Crippen LogP contribution in [0, 0.1) is 23.7 Å². The molecule has 0 rings (SSSR count). The highest BCUT2D eigenvalue weighted by molar-refractivity contribution is 7.47. The lowest BCUT2D eigenvalue weighted by atomic mass is 9.99. The summed E-state index contributed by atoms with van der Waals surface area (Å²) in [6.07, 6.45) is 51.4. The average Bonchev–Trinajstić information content (AvgIpc) is 1.47. The molecule has 0 aliphatic heterocycles. The van der Waals surface area contributed by atoms with Crippen molar-refractivity contribution >= 4 is 39.5 Å². The van der Waals surface area contributed by atoms with Gasteiger partial charge in [-0.05, 0) is 49.4 Å². The molecule has 0 aromatic carbocycles. The standard InChI is InChI=1S/C77H150O17P2/c1-9-69(7)55-47-39-31-24-20-16-12-14-17-21-25-32-41-49-57-74(79)87-63-72(93-76(81)59-51-43-33-26-22-18-13-11-15-19-23-29-37-45-53-67(3)4)65-91-95(83,84)89-61-71(78)62-90-96(85,86)92-66-73(64-88-75(80)58-50-42-36-35-40-48-56-70(8)10-2)94-77(82)60-52-44-34-28-27-30-38-46-54-68(5)6/h67-73,78H,9-66H2,1-8H3,(H,83,84)(H,85,86)/t69?,70?,71-,72-,73-/m1/s1. The summed E-state index contributed by atoms with van der Waals surface area (Å²) in [6, 6.07) is 0. The van der Waals surface area contributed by atoms with Gasteiger partial charge < -0.3 is 33.8 Å². The van der Waals surface area contributed by atoms with Gasteiger partial charge >= 0.3 is 39.5 Å². The van der Waals surface area contributed by atoms with Crippen molar-refractivity contribution in [2.24, 2.45) is 23.7 Å². The Kier molecular flexibility index (Phi) is 65.0. The first kappa shape index (κ1) is 94.1. The lowest BCUT2D eigenvalue weighted by Crippen LogP contribution is -2.30. The predicted octanol–water partition coefficient (Wildman–Crippen LogP) is 22.4. The first-order valence-electron chi connectivity index (χ1n) is 39.8. The minimum Gasteiger partial charge on any atom is -0.462 e. The van der Waals surface area contributed by atoms with Gasteiger partial charge in [0.2, 0.25) is 0 Å². The predicted molar refractivity (Wildman–Crippen MR) is 391 cm³/mol. The van der Waals surface area contributed by atoms with E-state index in [1.807, 2.05) is 0 Å². The zero-order valence-electron chi connectivity index (χ0n) is 63.0. The normalized spacial score (nSPS) is 14.7. The molecule has 0 aliphatic rings. The van der Waals surface area contributed by atoms with E-state index in [2.05, 4.69) is 55.4 Å². The summed E-state index contributed by atoms with van der Waals surface area (Å²) in [6.45, 7) is 14.2. The van der Waals surface area contributed by atoms with Gasteiger partial charge in [-0.25, -0.2) is 9.13 Å². The molecule has 570 valence electrons. The van der Waals surface area contributed by atoms with Crippen LogP contribution in [-0.4, -0.2) is 96.7 Å². The van der Waals surface area contributed by atoms with Crippen LogP contribution in [0.2, 0.25) is 0 Å². The number of aliphatic hydroxyl groups is 1. The summed E-state index contributed by atoms with van der Waals surface area (Å²) in [4.78, 5) is 72.8. The van der Waals surface area contributed by atoms with Crippen LogP contribution >= 0.6 is 15.6 Å². The van der Waals surface area contributed by atoms with Gasteiger partial charge in [0, 0.05) is 25.7 Å². The lowest BCUT2D eigenvalue weighted by Gasteiger charge is -2.21. The Labute approximate surface area is 588 Å².